The molecule has 0 aliphatic carbocycles. The van der Waals surface area contributed by atoms with E-state index in [0.717, 1.165) is 6.07 Å². The van der Waals surface area contributed by atoms with Gasteiger partial charge in [-0.3, -0.25) is 4.79 Å². The predicted molar refractivity (Wildman–Crippen MR) is 70.9 cm³/mol. The number of hydrogen-bond acceptors (Lipinski definition) is 2. The third kappa shape index (κ3) is 2.62. The van der Waals surface area contributed by atoms with Crippen molar-refractivity contribution in [1.29, 1.82) is 0 Å². The molecule has 0 amide bonds. The van der Waals surface area contributed by atoms with Crippen LogP contribution in [0.1, 0.15) is 17.3 Å². The number of halogens is 2. The molecular formula is C15H13F2NO. The van der Waals surface area contributed by atoms with Crippen molar-refractivity contribution in [2.45, 2.75) is 6.92 Å². The molecule has 0 aliphatic heterocycles. The minimum absolute atomic E-state index is 0.228. The molecule has 0 saturated carbocycles. The summed E-state index contributed by atoms with van der Waals surface area (Å²) in [6, 6.07) is 10.1. The van der Waals surface area contributed by atoms with Crippen LogP contribution in [-0.2, 0) is 0 Å². The number of ketones is 1. The van der Waals surface area contributed by atoms with Crippen LogP contribution in [0.25, 0.3) is 0 Å². The molecule has 0 aliphatic rings. The average molecular weight is 261 g/mol. The fourth-order valence-electron chi connectivity index (χ4n) is 1.94. The van der Waals surface area contributed by atoms with Gasteiger partial charge in [0.1, 0.15) is 11.6 Å². The number of carbonyl (C=O) groups excluding carboxylic acids is 1. The number of benzene rings is 2. The maximum atomic E-state index is 13.7. The smallest absolute Gasteiger partial charge is 0.162 e. The Kier molecular flexibility index (Phi) is 3.60. The largest absolute Gasteiger partial charge is 0.342 e. The van der Waals surface area contributed by atoms with E-state index in [9.17, 15) is 13.6 Å². The van der Waals surface area contributed by atoms with Crippen LogP contribution in [0.3, 0.4) is 0 Å². The minimum atomic E-state index is -0.490. The van der Waals surface area contributed by atoms with Crippen molar-refractivity contribution in [2.75, 3.05) is 11.9 Å². The predicted octanol–water partition coefficient (Wildman–Crippen LogP) is 3.94. The Labute approximate surface area is 110 Å². The highest BCUT2D eigenvalue weighted by Gasteiger charge is 2.15. The van der Waals surface area contributed by atoms with Crippen molar-refractivity contribution in [3.05, 3.63) is 59.7 Å². The molecule has 0 bridgehead atoms. The molecule has 2 nitrogen and oxygen atoms in total. The summed E-state index contributed by atoms with van der Waals surface area (Å²) in [4.78, 5) is 13.1. The molecule has 19 heavy (non-hydrogen) atoms. The SMILES string of the molecule is CC(=O)c1cc(F)ccc1N(C)c1ccccc1F. The molecule has 2 aromatic rings. The number of hydrogen-bond donors (Lipinski definition) is 0. The molecule has 98 valence electrons. The van der Waals surface area contributed by atoms with E-state index in [0.29, 0.717) is 11.4 Å². The van der Waals surface area contributed by atoms with E-state index >= 15 is 0 Å². The third-order valence-electron chi connectivity index (χ3n) is 2.91. The summed E-state index contributed by atoms with van der Waals surface area (Å²) in [6.45, 7) is 1.35. The lowest BCUT2D eigenvalue weighted by atomic mass is 10.1. The summed E-state index contributed by atoms with van der Waals surface area (Å²) in [7, 11) is 1.64. The van der Waals surface area contributed by atoms with Gasteiger partial charge >= 0.3 is 0 Å². The summed E-state index contributed by atoms with van der Waals surface area (Å²) in [6.07, 6.45) is 0. The van der Waals surface area contributed by atoms with E-state index in [-0.39, 0.29) is 11.3 Å². The van der Waals surface area contributed by atoms with Crippen LogP contribution in [0.15, 0.2) is 42.5 Å². The minimum Gasteiger partial charge on any atom is -0.342 e. The van der Waals surface area contributed by atoms with Gasteiger partial charge in [-0.25, -0.2) is 8.78 Å². The monoisotopic (exact) mass is 261 g/mol. The first-order chi connectivity index (χ1) is 9.00. The Morgan fingerprint density at radius 3 is 2.37 bits per heavy atom. The molecule has 0 heterocycles. The van der Waals surface area contributed by atoms with Gasteiger partial charge in [0.15, 0.2) is 5.78 Å². The van der Waals surface area contributed by atoms with Crippen LogP contribution >= 0.6 is 0 Å². The Morgan fingerprint density at radius 2 is 1.74 bits per heavy atom. The number of carbonyl (C=O) groups is 1. The Bertz CT molecular complexity index is 625. The van der Waals surface area contributed by atoms with E-state index in [1.165, 1.54) is 30.0 Å². The number of para-hydroxylation sites is 1. The van der Waals surface area contributed by atoms with Crippen molar-refractivity contribution in [2.24, 2.45) is 0 Å². The first-order valence-corrected chi connectivity index (χ1v) is 5.79. The molecule has 0 unspecified atom stereocenters. The second-order valence-electron chi connectivity index (χ2n) is 4.23. The molecule has 0 N–H and O–H groups in total. The van der Waals surface area contributed by atoms with E-state index < -0.39 is 11.6 Å². The lowest BCUT2D eigenvalue weighted by Gasteiger charge is -2.22. The fourth-order valence-corrected chi connectivity index (χ4v) is 1.94. The van der Waals surface area contributed by atoms with Crippen LogP contribution in [0, 0.1) is 11.6 Å². The second-order valence-corrected chi connectivity index (χ2v) is 4.23. The summed E-state index contributed by atoms with van der Waals surface area (Å²) in [5, 5.41) is 0. The maximum absolute atomic E-state index is 13.7. The molecular weight excluding hydrogens is 248 g/mol. The molecule has 2 aromatic carbocycles. The highest BCUT2D eigenvalue weighted by molar-refractivity contribution is 6.00. The zero-order chi connectivity index (χ0) is 14.0. The molecule has 4 heteroatoms. The maximum Gasteiger partial charge on any atom is 0.162 e. The van der Waals surface area contributed by atoms with Crippen molar-refractivity contribution < 1.29 is 13.6 Å². The van der Waals surface area contributed by atoms with Crippen molar-refractivity contribution >= 4 is 17.2 Å². The zero-order valence-electron chi connectivity index (χ0n) is 10.7. The van der Waals surface area contributed by atoms with E-state index in [1.54, 1.807) is 25.2 Å². The van der Waals surface area contributed by atoms with Crippen molar-refractivity contribution in [3.8, 4) is 0 Å². The quantitative estimate of drug-likeness (QED) is 0.780. The third-order valence-corrected chi connectivity index (χ3v) is 2.91. The molecule has 0 saturated heterocycles. The first-order valence-electron chi connectivity index (χ1n) is 5.79. The van der Waals surface area contributed by atoms with Crippen LogP contribution in [-0.4, -0.2) is 12.8 Å². The van der Waals surface area contributed by atoms with Gasteiger partial charge in [0.05, 0.1) is 11.4 Å². The van der Waals surface area contributed by atoms with Gasteiger partial charge in [0.2, 0.25) is 0 Å². The summed E-state index contributed by atoms with van der Waals surface area (Å²) < 4.78 is 26.9. The number of rotatable bonds is 3. The molecule has 2 rings (SSSR count). The molecule has 0 spiro atoms. The number of anilines is 2. The Hall–Kier alpha value is -2.23. The molecule has 0 atom stereocenters. The second kappa shape index (κ2) is 5.18. The number of Topliss-reactive ketones (excluding diaryl/α,β-unsaturated/α-hetero) is 1. The zero-order valence-corrected chi connectivity index (χ0v) is 10.7. The summed E-state index contributed by atoms with van der Waals surface area (Å²) >= 11 is 0. The lowest BCUT2D eigenvalue weighted by Crippen LogP contribution is -2.14. The Balaban J connectivity index is 2.53. The van der Waals surface area contributed by atoms with Gasteiger partial charge in [0.25, 0.3) is 0 Å². The fraction of sp³-hybridized carbons (Fsp3) is 0.133. The van der Waals surface area contributed by atoms with E-state index in [1.807, 2.05) is 0 Å². The van der Waals surface area contributed by atoms with Gasteiger partial charge in [0, 0.05) is 12.6 Å². The normalized spacial score (nSPS) is 10.3. The molecule has 0 radical (unpaired) electrons. The summed E-state index contributed by atoms with van der Waals surface area (Å²) in [5.74, 6) is -1.16. The van der Waals surface area contributed by atoms with Crippen LogP contribution in [0.2, 0.25) is 0 Å². The van der Waals surface area contributed by atoms with Crippen molar-refractivity contribution in [1.82, 2.24) is 0 Å². The van der Waals surface area contributed by atoms with Gasteiger partial charge in [-0.15, -0.1) is 0 Å². The van der Waals surface area contributed by atoms with Crippen molar-refractivity contribution in [3.63, 3.8) is 0 Å². The summed E-state index contributed by atoms with van der Waals surface area (Å²) in [5.41, 5.74) is 1.03. The average Bonchev–Trinajstić information content (AvgIpc) is 2.38. The van der Waals surface area contributed by atoms with Gasteiger partial charge in [-0.1, -0.05) is 12.1 Å². The van der Waals surface area contributed by atoms with Gasteiger partial charge in [-0.05, 0) is 37.3 Å². The van der Waals surface area contributed by atoms with Gasteiger partial charge < -0.3 is 4.90 Å². The van der Waals surface area contributed by atoms with Crippen LogP contribution in [0.4, 0.5) is 20.2 Å². The highest BCUT2D eigenvalue weighted by atomic mass is 19.1. The standard InChI is InChI=1S/C15H13F2NO/c1-10(19)12-9-11(16)7-8-14(12)18(2)15-6-4-3-5-13(15)17/h3-9H,1-2H3. The topological polar surface area (TPSA) is 20.3 Å². The van der Waals surface area contributed by atoms with Gasteiger partial charge in [-0.2, -0.15) is 0 Å². The van der Waals surface area contributed by atoms with E-state index in [4.69, 9.17) is 0 Å². The lowest BCUT2D eigenvalue weighted by molar-refractivity contribution is 0.101. The first kappa shape index (κ1) is 13.2. The highest BCUT2D eigenvalue weighted by Crippen LogP contribution is 2.29. The molecule has 0 fully saturated rings. The Morgan fingerprint density at radius 1 is 1.05 bits per heavy atom. The number of nitrogens with zero attached hydrogens (tertiary/aromatic N) is 1. The molecule has 0 aromatic heterocycles. The van der Waals surface area contributed by atoms with Crippen LogP contribution < -0.4 is 4.90 Å². The van der Waals surface area contributed by atoms with E-state index in [2.05, 4.69) is 0 Å². The van der Waals surface area contributed by atoms with Crippen LogP contribution in [0.5, 0.6) is 0 Å².